The second-order valence-electron chi connectivity index (χ2n) is 7.03. The van der Waals surface area contributed by atoms with Crippen molar-refractivity contribution in [1.29, 1.82) is 0 Å². The van der Waals surface area contributed by atoms with Gasteiger partial charge >= 0.3 is 0 Å². The van der Waals surface area contributed by atoms with Crippen molar-refractivity contribution in [2.45, 2.75) is 32.9 Å². The zero-order chi connectivity index (χ0) is 19.8. The average molecular weight is 378 g/mol. The number of aryl methyl sites for hydroxylation is 1. The van der Waals surface area contributed by atoms with E-state index in [2.05, 4.69) is 5.32 Å². The number of furan rings is 1. The Kier molecular flexibility index (Phi) is 4.55. The van der Waals surface area contributed by atoms with E-state index < -0.39 is 6.10 Å². The number of carbonyl (C=O) groups is 2. The largest absolute Gasteiger partial charge is 0.479 e. The fourth-order valence-electron chi connectivity index (χ4n) is 3.62. The molecule has 2 amide bonds. The van der Waals surface area contributed by atoms with Gasteiger partial charge in [0.25, 0.3) is 5.91 Å². The van der Waals surface area contributed by atoms with Crippen LogP contribution >= 0.6 is 0 Å². The summed E-state index contributed by atoms with van der Waals surface area (Å²) >= 11 is 0. The van der Waals surface area contributed by atoms with Gasteiger partial charge in [0, 0.05) is 10.9 Å². The number of nitrogens with one attached hydrogen (secondary N) is 1. The summed E-state index contributed by atoms with van der Waals surface area (Å²) in [5, 5.41) is 3.98. The lowest BCUT2D eigenvalue weighted by Gasteiger charge is -2.32. The molecular formula is C22H22N2O4. The van der Waals surface area contributed by atoms with E-state index in [-0.39, 0.29) is 24.4 Å². The molecule has 144 valence electrons. The Labute approximate surface area is 163 Å². The normalized spacial score (nSPS) is 17.2. The number of hydrogen-bond donors (Lipinski definition) is 1. The summed E-state index contributed by atoms with van der Waals surface area (Å²) in [4.78, 5) is 26.7. The average Bonchev–Trinajstić information content (AvgIpc) is 3.02. The number of amides is 2. The van der Waals surface area contributed by atoms with Crippen LogP contribution in [0.1, 0.15) is 31.2 Å². The molecule has 6 heteroatoms. The van der Waals surface area contributed by atoms with Crippen molar-refractivity contribution in [3.8, 4) is 5.75 Å². The van der Waals surface area contributed by atoms with Crippen molar-refractivity contribution in [3.63, 3.8) is 0 Å². The molecule has 2 heterocycles. The second-order valence-corrected chi connectivity index (χ2v) is 7.03. The third-order valence-electron chi connectivity index (χ3n) is 5.03. The zero-order valence-corrected chi connectivity index (χ0v) is 16.1. The molecular weight excluding hydrogens is 356 g/mol. The molecule has 0 fully saturated rings. The Hall–Kier alpha value is -3.28. The minimum absolute atomic E-state index is 0.0762. The molecule has 3 aromatic rings. The van der Waals surface area contributed by atoms with Gasteiger partial charge in [0.05, 0.1) is 11.7 Å². The summed E-state index contributed by atoms with van der Waals surface area (Å²) in [5.41, 5.74) is 2.40. The van der Waals surface area contributed by atoms with Crippen molar-refractivity contribution < 1.29 is 18.7 Å². The predicted molar refractivity (Wildman–Crippen MR) is 106 cm³/mol. The fraction of sp³-hybridized carbons (Fsp3) is 0.273. The van der Waals surface area contributed by atoms with Gasteiger partial charge in [-0.15, -0.1) is 0 Å². The molecule has 0 bridgehead atoms. The number of para-hydroxylation sites is 3. The van der Waals surface area contributed by atoms with Gasteiger partial charge in [-0.05, 0) is 39.0 Å². The van der Waals surface area contributed by atoms with Gasteiger partial charge in [-0.25, -0.2) is 0 Å². The molecule has 1 N–H and O–H groups in total. The van der Waals surface area contributed by atoms with Gasteiger partial charge in [0.1, 0.15) is 23.6 Å². The summed E-state index contributed by atoms with van der Waals surface area (Å²) < 4.78 is 11.5. The Bertz CT molecular complexity index is 1060. The summed E-state index contributed by atoms with van der Waals surface area (Å²) in [6.07, 6.45) is -0.627. The molecule has 2 atom stereocenters. The number of anilines is 1. The van der Waals surface area contributed by atoms with E-state index in [4.69, 9.17) is 9.15 Å². The Morgan fingerprint density at radius 3 is 2.68 bits per heavy atom. The van der Waals surface area contributed by atoms with E-state index in [0.717, 1.165) is 22.3 Å². The summed E-state index contributed by atoms with van der Waals surface area (Å²) in [6, 6.07) is 14.7. The number of fused-ring (bicyclic) bond motifs is 2. The van der Waals surface area contributed by atoms with Crippen LogP contribution in [0.5, 0.6) is 5.75 Å². The lowest BCUT2D eigenvalue weighted by Crippen LogP contribution is -2.49. The highest BCUT2D eigenvalue weighted by atomic mass is 16.5. The Morgan fingerprint density at radius 2 is 1.89 bits per heavy atom. The molecule has 1 aromatic heterocycles. The molecule has 0 saturated heterocycles. The standard InChI is InChI=1S/C22H22N2O4/c1-13-16-8-4-6-10-18(16)28-21(13)14(2)23-20(25)12-24-17-9-5-7-11-19(17)27-15(3)22(24)26/h4-11,14-15H,12H2,1-3H3,(H,23,25). The predicted octanol–water partition coefficient (Wildman–Crippen LogP) is 3.73. The van der Waals surface area contributed by atoms with E-state index in [1.165, 1.54) is 4.90 Å². The van der Waals surface area contributed by atoms with Gasteiger partial charge < -0.3 is 14.5 Å². The number of benzene rings is 2. The smallest absolute Gasteiger partial charge is 0.268 e. The number of carbonyl (C=O) groups excluding carboxylic acids is 2. The molecule has 0 radical (unpaired) electrons. The van der Waals surface area contributed by atoms with Crippen LogP contribution in [0.4, 0.5) is 5.69 Å². The van der Waals surface area contributed by atoms with Gasteiger partial charge in [-0.1, -0.05) is 30.3 Å². The highest BCUT2D eigenvalue weighted by Crippen LogP contribution is 2.33. The van der Waals surface area contributed by atoms with Gasteiger partial charge in [0.2, 0.25) is 5.91 Å². The van der Waals surface area contributed by atoms with Crippen LogP contribution in [0.3, 0.4) is 0 Å². The maximum atomic E-state index is 12.7. The number of hydrogen-bond acceptors (Lipinski definition) is 4. The summed E-state index contributed by atoms with van der Waals surface area (Å²) in [6.45, 7) is 5.46. The van der Waals surface area contributed by atoms with E-state index >= 15 is 0 Å². The molecule has 28 heavy (non-hydrogen) atoms. The molecule has 2 aromatic carbocycles. The zero-order valence-electron chi connectivity index (χ0n) is 16.1. The second kappa shape index (κ2) is 7.03. The molecule has 2 unspecified atom stereocenters. The minimum Gasteiger partial charge on any atom is -0.479 e. The molecule has 1 aliphatic rings. The molecule has 6 nitrogen and oxygen atoms in total. The third-order valence-corrected chi connectivity index (χ3v) is 5.03. The van der Waals surface area contributed by atoms with Crippen molar-refractivity contribution in [2.24, 2.45) is 0 Å². The first-order valence-corrected chi connectivity index (χ1v) is 9.30. The van der Waals surface area contributed by atoms with Crippen LogP contribution in [-0.4, -0.2) is 24.5 Å². The van der Waals surface area contributed by atoms with Crippen LogP contribution < -0.4 is 15.0 Å². The first-order valence-electron chi connectivity index (χ1n) is 9.30. The van der Waals surface area contributed by atoms with Crippen LogP contribution in [0.2, 0.25) is 0 Å². The first-order chi connectivity index (χ1) is 13.5. The van der Waals surface area contributed by atoms with Crippen LogP contribution in [0.15, 0.2) is 52.9 Å². The van der Waals surface area contributed by atoms with E-state index in [0.29, 0.717) is 11.4 Å². The highest BCUT2D eigenvalue weighted by molar-refractivity contribution is 6.03. The van der Waals surface area contributed by atoms with Gasteiger partial charge in [-0.3, -0.25) is 14.5 Å². The van der Waals surface area contributed by atoms with Gasteiger partial charge in [-0.2, -0.15) is 0 Å². The SMILES string of the molecule is Cc1c(C(C)NC(=O)CN2C(=O)C(C)Oc3ccccc32)oc2ccccc12. The molecule has 4 rings (SSSR count). The van der Waals surface area contributed by atoms with Crippen LogP contribution in [0.25, 0.3) is 11.0 Å². The molecule has 0 saturated carbocycles. The van der Waals surface area contributed by atoms with Crippen molar-refractivity contribution in [2.75, 3.05) is 11.4 Å². The fourth-order valence-corrected chi connectivity index (χ4v) is 3.62. The topological polar surface area (TPSA) is 71.8 Å². The Balaban J connectivity index is 1.52. The maximum absolute atomic E-state index is 12.7. The quantitative estimate of drug-likeness (QED) is 0.751. The molecule has 0 spiro atoms. The van der Waals surface area contributed by atoms with Crippen LogP contribution in [-0.2, 0) is 9.59 Å². The number of nitrogens with zero attached hydrogens (tertiary/aromatic N) is 1. The monoisotopic (exact) mass is 378 g/mol. The highest BCUT2D eigenvalue weighted by Gasteiger charge is 2.32. The number of ether oxygens (including phenoxy) is 1. The van der Waals surface area contributed by atoms with E-state index in [9.17, 15) is 9.59 Å². The van der Waals surface area contributed by atoms with Crippen molar-refractivity contribution in [1.82, 2.24) is 5.32 Å². The summed E-state index contributed by atoms with van der Waals surface area (Å²) in [5.74, 6) is 0.825. The lowest BCUT2D eigenvalue weighted by molar-refractivity contribution is -0.128. The molecule has 0 aliphatic carbocycles. The maximum Gasteiger partial charge on any atom is 0.268 e. The lowest BCUT2D eigenvalue weighted by atomic mass is 10.1. The Morgan fingerprint density at radius 1 is 1.18 bits per heavy atom. The first kappa shape index (κ1) is 18.1. The van der Waals surface area contributed by atoms with Crippen molar-refractivity contribution in [3.05, 3.63) is 59.9 Å². The molecule has 1 aliphatic heterocycles. The van der Waals surface area contributed by atoms with Gasteiger partial charge in [0.15, 0.2) is 6.10 Å². The van der Waals surface area contributed by atoms with Crippen LogP contribution in [0, 0.1) is 6.92 Å². The van der Waals surface area contributed by atoms with E-state index in [1.54, 1.807) is 19.1 Å². The summed E-state index contributed by atoms with van der Waals surface area (Å²) in [7, 11) is 0. The van der Waals surface area contributed by atoms with E-state index in [1.807, 2.05) is 50.2 Å². The third kappa shape index (κ3) is 3.11. The van der Waals surface area contributed by atoms with Crippen molar-refractivity contribution >= 4 is 28.5 Å². The minimum atomic E-state index is -0.627. The number of rotatable bonds is 4.